The highest BCUT2D eigenvalue weighted by molar-refractivity contribution is 7.19. The summed E-state index contributed by atoms with van der Waals surface area (Å²) in [6.07, 6.45) is 1.90. The molecule has 8 nitrogen and oxygen atoms in total. The fourth-order valence-corrected chi connectivity index (χ4v) is 4.20. The van der Waals surface area contributed by atoms with Gasteiger partial charge in [0.1, 0.15) is 5.01 Å². The lowest BCUT2D eigenvalue weighted by Gasteiger charge is -2.13. The van der Waals surface area contributed by atoms with Crippen molar-refractivity contribution in [2.24, 2.45) is 4.99 Å². The number of benzene rings is 2. The van der Waals surface area contributed by atoms with Crippen LogP contribution in [0.15, 0.2) is 35.3 Å². The minimum absolute atomic E-state index is 0.527. The Morgan fingerprint density at radius 1 is 0.931 bits per heavy atom. The fourth-order valence-electron chi connectivity index (χ4n) is 3.37. The molecular weight excluding hydrogens is 390 g/mol. The van der Waals surface area contributed by atoms with Gasteiger partial charge >= 0.3 is 0 Å². The van der Waals surface area contributed by atoms with Crippen molar-refractivity contribution in [3.63, 3.8) is 0 Å². The summed E-state index contributed by atoms with van der Waals surface area (Å²) < 4.78 is 18.0. The predicted octanol–water partition coefficient (Wildman–Crippen LogP) is 3.48. The summed E-state index contributed by atoms with van der Waals surface area (Å²) in [5.74, 6) is 2.23. The average Bonchev–Trinajstić information content (AvgIpc) is 3.47. The summed E-state index contributed by atoms with van der Waals surface area (Å²) in [7, 11) is 4.74. The summed E-state index contributed by atoms with van der Waals surface area (Å²) in [6.45, 7) is 0.712. The maximum absolute atomic E-state index is 5.45. The monoisotopic (exact) mass is 407 g/mol. The van der Waals surface area contributed by atoms with Gasteiger partial charge in [-0.3, -0.25) is 4.99 Å². The lowest BCUT2D eigenvalue weighted by molar-refractivity contribution is 0.324. The van der Waals surface area contributed by atoms with Gasteiger partial charge in [0.15, 0.2) is 17.3 Å². The minimum atomic E-state index is 0.527. The van der Waals surface area contributed by atoms with Crippen LogP contribution < -0.4 is 14.2 Å². The zero-order chi connectivity index (χ0) is 20.0. The van der Waals surface area contributed by atoms with Gasteiger partial charge in [-0.25, -0.2) is 0 Å². The van der Waals surface area contributed by atoms with Crippen molar-refractivity contribution in [1.29, 1.82) is 0 Å². The number of rotatable bonds is 5. The molecule has 29 heavy (non-hydrogen) atoms. The maximum Gasteiger partial charge on any atom is 0.235 e. The summed E-state index contributed by atoms with van der Waals surface area (Å²) in [4.78, 5) is 5.02. The Labute approximate surface area is 170 Å². The Hall–Kier alpha value is -3.46. The first kappa shape index (κ1) is 17.6. The normalized spacial score (nSPS) is 12.4. The van der Waals surface area contributed by atoms with Crippen molar-refractivity contribution in [3.8, 4) is 39.2 Å². The van der Waals surface area contributed by atoms with E-state index in [1.165, 1.54) is 16.9 Å². The van der Waals surface area contributed by atoms with Crippen LogP contribution in [0.25, 0.3) is 26.9 Å². The van der Waals surface area contributed by atoms with Gasteiger partial charge in [-0.2, -0.15) is 9.61 Å². The quantitative estimate of drug-likeness (QED) is 0.504. The van der Waals surface area contributed by atoms with Crippen LogP contribution in [0.3, 0.4) is 0 Å². The molecule has 2 aromatic heterocycles. The number of aliphatic imine (C=N–C) groups is 1. The van der Waals surface area contributed by atoms with Crippen LogP contribution in [0.2, 0.25) is 0 Å². The largest absolute Gasteiger partial charge is 0.493 e. The Morgan fingerprint density at radius 3 is 2.45 bits per heavy atom. The van der Waals surface area contributed by atoms with Crippen LogP contribution in [0.1, 0.15) is 11.1 Å². The number of methoxy groups -OCH3 is 3. The van der Waals surface area contributed by atoms with E-state index in [0.717, 1.165) is 21.7 Å². The molecule has 0 fully saturated rings. The second-order valence-electron chi connectivity index (χ2n) is 6.42. The summed E-state index contributed by atoms with van der Waals surface area (Å²) >= 11 is 1.49. The first-order valence-electron chi connectivity index (χ1n) is 8.87. The molecule has 0 amide bonds. The molecule has 5 rings (SSSR count). The van der Waals surface area contributed by atoms with Crippen LogP contribution in [-0.2, 0) is 6.54 Å². The highest BCUT2D eigenvalue weighted by atomic mass is 32.1. The third-order valence-corrected chi connectivity index (χ3v) is 5.74. The van der Waals surface area contributed by atoms with Crippen LogP contribution >= 0.6 is 11.3 Å². The van der Waals surface area contributed by atoms with Crippen molar-refractivity contribution >= 4 is 22.5 Å². The van der Waals surface area contributed by atoms with Gasteiger partial charge in [0.25, 0.3) is 0 Å². The van der Waals surface area contributed by atoms with E-state index in [0.29, 0.717) is 34.6 Å². The summed E-state index contributed by atoms with van der Waals surface area (Å²) in [5, 5.41) is 14.2. The molecule has 2 aromatic carbocycles. The molecule has 0 radical (unpaired) electrons. The van der Waals surface area contributed by atoms with Crippen molar-refractivity contribution in [1.82, 2.24) is 19.8 Å². The predicted molar refractivity (Wildman–Crippen MR) is 110 cm³/mol. The van der Waals surface area contributed by atoms with E-state index >= 15 is 0 Å². The SMILES string of the molecule is COc1cc(-c2nnc3sc(-c4ccc5c(c4)CN=C5)nn23)cc(OC)c1OC. The van der Waals surface area contributed by atoms with Crippen molar-refractivity contribution in [2.75, 3.05) is 21.3 Å². The van der Waals surface area contributed by atoms with Gasteiger partial charge in [0.05, 0.1) is 27.9 Å². The van der Waals surface area contributed by atoms with Crippen molar-refractivity contribution in [3.05, 3.63) is 41.5 Å². The molecule has 0 saturated carbocycles. The van der Waals surface area contributed by atoms with Crippen molar-refractivity contribution < 1.29 is 14.2 Å². The number of aromatic nitrogens is 4. The van der Waals surface area contributed by atoms with E-state index in [2.05, 4.69) is 33.4 Å². The lowest BCUT2D eigenvalue weighted by atomic mass is 10.1. The number of fused-ring (bicyclic) bond motifs is 2. The molecule has 9 heteroatoms. The van der Waals surface area contributed by atoms with Gasteiger partial charge in [-0.05, 0) is 29.3 Å². The van der Waals surface area contributed by atoms with E-state index in [1.54, 1.807) is 25.8 Å². The van der Waals surface area contributed by atoms with Gasteiger partial charge in [0, 0.05) is 17.3 Å². The Balaban J connectivity index is 1.61. The number of nitrogens with zero attached hydrogens (tertiary/aromatic N) is 5. The molecule has 0 spiro atoms. The van der Waals surface area contributed by atoms with Gasteiger partial charge in [0.2, 0.25) is 10.7 Å². The molecule has 1 aliphatic rings. The Morgan fingerprint density at radius 2 is 1.72 bits per heavy atom. The smallest absolute Gasteiger partial charge is 0.235 e. The van der Waals surface area contributed by atoms with Crippen LogP contribution in [0.4, 0.5) is 0 Å². The summed E-state index contributed by atoms with van der Waals surface area (Å²) in [5.41, 5.74) is 4.18. The van der Waals surface area contributed by atoms with Gasteiger partial charge in [-0.1, -0.05) is 23.5 Å². The lowest BCUT2D eigenvalue weighted by Crippen LogP contribution is -1.97. The van der Waals surface area contributed by atoms with E-state index in [4.69, 9.17) is 19.3 Å². The van der Waals surface area contributed by atoms with Crippen LogP contribution in [0, 0.1) is 0 Å². The molecule has 0 bridgehead atoms. The third kappa shape index (κ3) is 2.82. The highest BCUT2D eigenvalue weighted by Gasteiger charge is 2.20. The molecule has 0 atom stereocenters. The number of ether oxygens (including phenoxy) is 3. The first-order chi connectivity index (χ1) is 14.2. The van der Waals surface area contributed by atoms with Crippen LogP contribution in [-0.4, -0.2) is 47.4 Å². The Bertz CT molecular complexity index is 1240. The second kappa shape index (κ2) is 6.85. The average molecular weight is 407 g/mol. The molecule has 3 heterocycles. The van der Waals surface area contributed by atoms with E-state index in [1.807, 2.05) is 18.3 Å². The molecule has 4 aromatic rings. The zero-order valence-electron chi connectivity index (χ0n) is 16.0. The molecule has 0 saturated heterocycles. The highest BCUT2D eigenvalue weighted by Crippen LogP contribution is 2.41. The topological polar surface area (TPSA) is 83.1 Å². The van der Waals surface area contributed by atoms with Gasteiger partial charge in [-0.15, -0.1) is 10.2 Å². The second-order valence-corrected chi connectivity index (χ2v) is 7.38. The fraction of sp³-hybridized carbons (Fsp3) is 0.200. The maximum atomic E-state index is 5.45. The molecule has 0 aliphatic carbocycles. The molecule has 146 valence electrons. The molecular formula is C20H17N5O3S. The molecule has 0 N–H and O–H groups in total. The third-order valence-electron chi connectivity index (χ3n) is 4.80. The van der Waals surface area contributed by atoms with E-state index in [-0.39, 0.29) is 0 Å². The Kier molecular flexibility index (Phi) is 4.17. The van der Waals surface area contributed by atoms with Crippen LogP contribution in [0.5, 0.6) is 17.2 Å². The first-order valence-corrected chi connectivity index (χ1v) is 9.69. The van der Waals surface area contributed by atoms with Crippen molar-refractivity contribution in [2.45, 2.75) is 6.54 Å². The number of hydrogen-bond acceptors (Lipinski definition) is 8. The summed E-state index contributed by atoms with van der Waals surface area (Å²) in [6, 6.07) is 9.94. The standard InChI is InChI=1S/C20H17N5O3S/c1-26-15-7-13(8-16(27-2)17(15)28-3)18-22-23-20-25(18)24-19(29-20)11-4-5-12-9-21-10-14(12)6-11/h4-9H,10H2,1-3H3. The van der Waals surface area contributed by atoms with E-state index in [9.17, 15) is 0 Å². The van der Waals surface area contributed by atoms with E-state index < -0.39 is 0 Å². The minimum Gasteiger partial charge on any atom is -0.493 e. The number of hydrogen-bond donors (Lipinski definition) is 0. The van der Waals surface area contributed by atoms with Gasteiger partial charge < -0.3 is 14.2 Å². The molecule has 0 unspecified atom stereocenters. The zero-order valence-corrected chi connectivity index (χ0v) is 16.9. The molecule has 1 aliphatic heterocycles.